The van der Waals surface area contributed by atoms with Crippen LogP contribution in [-0.4, -0.2) is 24.1 Å². The van der Waals surface area contributed by atoms with E-state index in [0.717, 1.165) is 4.90 Å². The van der Waals surface area contributed by atoms with Gasteiger partial charge in [0.25, 0.3) is 0 Å². The number of benzene rings is 2. The molecule has 1 heterocycles. The summed E-state index contributed by atoms with van der Waals surface area (Å²) in [6, 6.07) is 0. The molecule has 0 saturated heterocycles. The molecule has 0 spiro atoms. The molecule has 0 amide bonds. The number of anilines is 1. The van der Waals surface area contributed by atoms with Crippen LogP contribution >= 0.6 is 0 Å². The monoisotopic (exact) mass is 349 g/mol. The quantitative estimate of drug-likeness (QED) is 0.289. The molecule has 0 atom stereocenters. The normalized spacial score (nSPS) is 11.5. The van der Waals surface area contributed by atoms with Crippen LogP contribution in [-0.2, 0) is 0 Å². The minimum atomic E-state index is -2.19. The summed E-state index contributed by atoms with van der Waals surface area (Å²) in [4.78, 5) is 7.39. The molecular formula is C14H6F7N3. The molecule has 24 heavy (non-hydrogen) atoms. The molecule has 1 aromatic heterocycles. The SMILES string of the molecule is CN(C)c1c(F)c(F)c2nc3c(F)c(F)c(F)c(F)c3nc2c1F. The van der Waals surface area contributed by atoms with Crippen molar-refractivity contribution >= 4 is 27.8 Å². The highest BCUT2D eigenvalue weighted by Gasteiger charge is 2.28. The molecule has 3 rings (SSSR count). The van der Waals surface area contributed by atoms with E-state index in [0.29, 0.717) is 0 Å². The van der Waals surface area contributed by atoms with Crippen molar-refractivity contribution in [3.8, 4) is 0 Å². The van der Waals surface area contributed by atoms with Gasteiger partial charge in [-0.05, 0) is 0 Å². The van der Waals surface area contributed by atoms with E-state index in [2.05, 4.69) is 9.97 Å². The van der Waals surface area contributed by atoms with Crippen LogP contribution in [0.15, 0.2) is 0 Å². The first-order valence-corrected chi connectivity index (χ1v) is 6.34. The van der Waals surface area contributed by atoms with Crippen molar-refractivity contribution in [3.63, 3.8) is 0 Å². The molecule has 0 unspecified atom stereocenters. The minimum absolute atomic E-state index is 0.836. The van der Waals surface area contributed by atoms with E-state index >= 15 is 0 Å². The number of hydrogen-bond donors (Lipinski definition) is 0. The molecule has 2 aromatic carbocycles. The summed E-state index contributed by atoms with van der Waals surface area (Å²) in [5.41, 5.74) is -5.19. The fourth-order valence-electron chi connectivity index (χ4n) is 2.26. The maximum Gasteiger partial charge on any atom is 0.199 e. The van der Waals surface area contributed by atoms with Gasteiger partial charge in [0.05, 0.1) is 0 Å². The predicted molar refractivity (Wildman–Crippen MR) is 71.1 cm³/mol. The van der Waals surface area contributed by atoms with E-state index in [1.165, 1.54) is 14.1 Å². The van der Waals surface area contributed by atoms with Gasteiger partial charge in [0.2, 0.25) is 0 Å². The third kappa shape index (κ3) is 1.98. The number of halogens is 7. The van der Waals surface area contributed by atoms with Crippen molar-refractivity contribution in [3.05, 3.63) is 40.7 Å². The van der Waals surface area contributed by atoms with Gasteiger partial charge in [-0.25, -0.2) is 40.7 Å². The van der Waals surface area contributed by atoms with Gasteiger partial charge in [-0.3, -0.25) is 0 Å². The minimum Gasteiger partial charge on any atom is -0.373 e. The lowest BCUT2D eigenvalue weighted by Crippen LogP contribution is -2.15. The van der Waals surface area contributed by atoms with Crippen LogP contribution in [0.1, 0.15) is 0 Å². The molecule has 0 fully saturated rings. The first kappa shape index (κ1) is 16.2. The second-order valence-corrected chi connectivity index (χ2v) is 5.06. The first-order chi connectivity index (χ1) is 11.2. The molecule has 0 saturated carbocycles. The van der Waals surface area contributed by atoms with Crippen LogP contribution in [0.3, 0.4) is 0 Å². The number of rotatable bonds is 1. The van der Waals surface area contributed by atoms with Gasteiger partial charge in [-0.1, -0.05) is 0 Å². The van der Waals surface area contributed by atoms with Crippen LogP contribution in [0.5, 0.6) is 0 Å². The van der Waals surface area contributed by atoms with Gasteiger partial charge in [-0.2, -0.15) is 0 Å². The van der Waals surface area contributed by atoms with Crippen LogP contribution in [0.25, 0.3) is 22.1 Å². The van der Waals surface area contributed by atoms with E-state index in [4.69, 9.17) is 0 Å². The lowest BCUT2D eigenvalue weighted by Gasteiger charge is -2.16. The molecule has 3 aromatic rings. The highest BCUT2D eigenvalue weighted by atomic mass is 19.2. The van der Waals surface area contributed by atoms with Crippen molar-refractivity contribution in [2.75, 3.05) is 19.0 Å². The Labute approximate surface area is 129 Å². The Morgan fingerprint density at radius 2 is 0.833 bits per heavy atom. The van der Waals surface area contributed by atoms with Crippen LogP contribution in [0.4, 0.5) is 36.4 Å². The molecule has 10 heteroatoms. The summed E-state index contributed by atoms with van der Waals surface area (Å²) in [6.45, 7) is 0. The average molecular weight is 349 g/mol. The average Bonchev–Trinajstić information content (AvgIpc) is 2.54. The Bertz CT molecular complexity index is 1020. The molecule has 0 radical (unpaired) electrons. The predicted octanol–water partition coefficient (Wildman–Crippen LogP) is 3.82. The van der Waals surface area contributed by atoms with Crippen molar-refractivity contribution in [1.29, 1.82) is 0 Å². The Kier molecular flexibility index (Phi) is 3.50. The van der Waals surface area contributed by atoms with Gasteiger partial charge in [0.15, 0.2) is 40.7 Å². The van der Waals surface area contributed by atoms with Crippen LogP contribution in [0.2, 0.25) is 0 Å². The second-order valence-electron chi connectivity index (χ2n) is 5.06. The molecular weight excluding hydrogens is 343 g/mol. The zero-order valence-corrected chi connectivity index (χ0v) is 12.0. The van der Waals surface area contributed by atoms with Gasteiger partial charge < -0.3 is 4.90 Å². The van der Waals surface area contributed by atoms with Gasteiger partial charge in [0.1, 0.15) is 27.8 Å². The van der Waals surface area contributed by atoms with E-state index in [9.17, 15) is 30.7 Å². The van der Waals surface area contributed by atoms with Gasteiger partial charge in [-0.15, -0.1) is 0 Å². The fraction of sp³-hybridized carbons (Fsp3) is 0.143. The molecule has 0 bridgehead atoms. The third-order valence-electron chi connectivity index (χ3n) is 3.36. The lowest BCUT2D eigenvalue weighted by atomic mass is 10.2. The standard InChI is InChI=1S/C14H6F7N3/c1-24(2)14-8(20)7(19)12-13(9(14)21)23-11-6(18)4(16)3(15)5(17)10(11)22-12/h1-2H3. The topological polar surface area (TPSA) is 29.0 Å². The van der Waals surface area contributed by atoms with Crippen molar-refractivity contribution < 1.29 is 30.7 Å². The summed E-state index contributed by atoms with van der Waals surface area (Å²) in [7, 11) is 2.41. The first-order valence-electron chi connectivity index (χ1n) is 6.34. The highest BCUT2D eigenvalue weighted by molar-refractivity contribution is 5.89. The van der Waals surface area contributed by atoms with E-state index in [-0.39, 0.29) is 0 Å². The number of hydrogen-bond acceptors (Lipinski definition) is 3. The molecule has 0 aliphatic rings. The van der Waals surface area contributed by atoms with Gasteiger partial charge in [0, 0.05) is 14.1 Å². The molecule has 126 valence electrons. The maximum atomic E-state index is 14.4. The fourth-order valence-corrected chi connectivity index (χ4v) is 2.26. The summed E-state index contributed by atoms with van der Waals surface area (Å²) in [5.74, 6) is -13.0. The summed E-state index contributed by atoms with van der Waals surface area (Å²) < 4.78 is 96.4. The smallest absolute Gasteiger partial charge is 0.199 e. The third-order valence-corrected chi connectivity index (χ3v) is 3.36. The van der Waals surface area contributed by atoms with Crippen LogP contribution in [0, 0.1) is 40.7 Å². The molecule has 0 aliphatic carbocycles. The summed E-state index contributed by atoms with van der Waals surface area (Å²) >= 11 is 0. The van der Waals surface area contributed by atoms with Crippen LogP contribution < -0.4 is 4.90 Å². The number of nitrogens with zero attached hydrogens (tertiary/aromatic N) is 3. The molecule has 0 N–H and O–H groups in total. The highest BCUT2D eigenvalue weighted by Crippen LogP contribution is 2.33. The maximum absolute atomic E-state index is 14.4. The van der Waals surface area contributed by atoms with Crippen molar-refractivity contribution in [2.24, 2.45) is 0 Å². The zero-order chi connectivity index (χ0) is 17.9. The lowest BCUT2D eigenvalue weighted by molar-refractivity contribution is 0.416. The Morgan fingerprint density at radius 1 is 0.500 bits per heavy atom. The van der Waals surface area contributed by atoms with E-state index < -0.39 is 68.5 Å². The van der Waals surface area contributed by atoms with Crippen molar-refractivity contribution in [2.45, 2.75) is 0 Å². The Morgan fingerprint density at radius 3 is 1.21 bits per heavy atom. The van der Waals surface area contributed by atoms with E-state index in [1.807, 2.05) is 0 Å². The zero-order valence-electron chi connectivity index (χ0n) is 12.0. The number of aromatic nitrogens is 2. The number of fused-ring (bicyclic) bond motifs is 2. The second kappa shape index (κ2) is 5.18. The Hall–Kier alpha value is -2.65. The van der Waals surface area contributed by atoms with E-state index in [1.54, 1.807) is 0 Å². The molecule has 3 nitrogen and oxygen atoms in total. The summed E-state index contributed by atoms with van der Waals surface area (Å²) in [6.07, 6.45) is 0. The Balaban J connectivity index is 2.60. The largest absolute Gasteiger partial charge is 0.373 e. The van der Waals surface area contributed by atoms with Gasteiger partial charge >= 0.3 is 0 Å². The van der Waals surface area contributed by atoms with Crippen molar-refractivity contribution in [1.82, 2.24) is 9.97 Å². The molecule has 0 aliphatic heterocycles. The summed E-state index contributed by atoms with van der Waals surface area (Å²) in [5, 5.41) is 0.